The number of esters is 2. The summed E-state index contributed by atoms with van der Waals surface area (Å²) in [5.41, 5.74) is 0. The molecule has 3 aliphatic rings. The molecule has 0 aliphatic heterocycles. The van der Waals surface area contributed by atoms with Crippen molar-refractivity contribution in [1.29, 1.82) is 0 Å². The van der Waals surface area contributed by atoms with Gasteiger partial charge in [-0.05, 0) is 51.4 Å². The molecular weight excluding hydrogens is 408 g/mol. The van der Waals surface area contributed by atoms with Gasteiger partial charge in [-0.3, -0.25) is 9.59 Å². The summed E-state index contributed by atoms with van der Waals surface area (Å²) in [6, 6.07) is 0. The van der Waals surface area contributed by atoms with E-state index in [0.29, 0.717) is 26.4 Å². The quantitative estimate of drug-likeness (QED) is 0.293. The predicted octanol–water partition coefficient (Wildman–Crippen LogP) is 5.36. The molecule has 0 N–H and O–H groups in total. The standard InChI is InChI=1S/C26H44O6/c27-25(21-10-3-1-4-11-21)31-18-8-16-29-23-14-7-15-24(20-23)30-17-9-19-32-26(28)22-12-5-2-6-13-22/h21-24H,1-20H2. The first kappa shape index (κ1) is 25.5. The van der Waals surface area contributed by atoms with Gasteiger partial charge in [0.2, 0.25) is 0 Å². The molecular formula is C26H44O6. The normalized spacial score (nSPS) is 25.4. The molecule has 2 unspecified atom stereocenters. The fraction of sp³-hybridized carbons (Fsp3) is 0.923. The van der Waals surface area contributed by atoms with Crippen LogP contribution in [0, 0.1) is 11.8 Å². The van der Waals surface area contributed by atoms with Gasteiger partial charge in [-0.25, -0.2) is 0 Å². The van der Waals surface area contributed by atoms with Crippen LogP contribution in [0.2, 0.25) is 0 Å². The monoisotopic (exact) mass is 452 g/mol. The van der Waals surface area contributed by atoms with Crippen LogP contribution >= 0.6 is 0 Å². The second-order valence-electron chi connectivity index (χ2n) is 9.86. The zero-order valence-electron chi connectivity index (χ0n) is 19.9. The zero-order valence-corrected chi connectivity index (χ0v) is 19.9. The fourth-order valence-electron chi connectivity index (χ4n) is 5.28. The number of rotatable bonds is 12. The topological polar surface area (TPSA) is 71.1 Å². The molecule has 0 saturated heterocycles. The molecule has 3 aliphatic carbocycles. The number of hydrogen-bond acceptors (Lipinski definition) is 6. The molecule has 3 fully saturated rings. The van der Waals surface area contributed by atoms with Gasteiger partial charge in [-0.2, -0.15) is 0 Å². The lowest BCUT2D eigenvalue weighted by Gasteiger charge is -2.29. The Balaban J connectivity index is 1.17. The van der Waals surface area contributed by atoms with Crippen molar-refractivity contribution in [2.75, 3.05) is 26.4 Å². The summed E-state index contributed by atoms with van der Waals surface area (Å²) in [6.45, 7) is 2.18. The van der Waals surface area contributed by atoms with E-state index in [2.05, 4.69) is 0 Å². The predicted molar refractivity (Wildman–Crippen MR) is 122 cm³/mol. The van der Waals surface area contributed by atoms with Gasteiger partial charge < -0.3 is 18.9 Å². The van der Waals surface area contributed by atoms with E-state index in [4.69, 9.17) is 18.9 Å². The smallest absolute Gasteiger partial charge is 0.308 e. The molecule has 6 nitrogen and oxygen atoms in total. The second-order valence-corrected chi connectivity index (χ2v) is 9.86. The van der Waals surface area contributed by atoms with E-state index in [1.165, 1.54) is 12.8 Å². The van der Waals surface area contributed by atoms with Crippen molar-refractivity contribution in [1.82, 2.24) is 0 Å². The highest BCUT2D eigenvalue weighted by Gasteiger charge is 2.25. The van der Waals surface area contributed by atoms with Crippen molar-refractivity contribution >= 4 is 11.9 Å². The Morgan fingerprint density at radius 1 is 0.531 bits per heavy atom. The number of carbonyl (C=O) groups excluding carboxylic acids is 2. The van der Waals surface area contributed by atoms with Crippen molar-refractivity contribution in [3.8, 4) is 0 Å². The molecule has 0 aromatic rings. The van der Waals surface area contributed by atoms with E-state index >= 15 is 0 Å². The van der Waals surface area contributed by atoms with Gasteiger partial charge in [0.15, 0.2) is 0 Å². The second kappa shape index (κ2) is 14.9. The van der Waals surface area contributed by atoms with Gasteiger partial charge in [-0.15, -0.1) is 0 Å². The van der Waals surface area contributed by atoms with Gasteiger partial charge in [0.05, 0.1) is 50.5 Å². The van der Waals surface area contributed by atoms with Crippen LogP contribution in [0.5, 0.6) is 0 Å². The summed E-state index contributed by atoms with van der Waals surface area (Å²) in [4.78, 5) is 24.1. The highest BCUT2D eigenvalue weighted by molar-refractivity contribution is 5.72. The molecule has 0 radical (unpaired) electrons. The maximum absolute atomic E-state index is 12.1. The summed E-state index contributed by atoms with van der Waals surface area (Å²) in [6.07, 6.45) is 17.2. The molecule has 0 aromatic carbocycles. The Hall–Kier alpha value is -1.14. The van der Waals surface area contributed by atoms with Crippen molar-refractivity contribution in [2.45, 2.75) is 115 Å². The van der Waals surface area contributed by atoms with E-state index in [0.717, 1.165) is 89.9 Å². The summed E-state index contributed by atoms with van der Waals surface area (Å²) in [5, 5.41) is 0. The largest absolute Gasteiger partial charge is 0.465 e. The molecule has 32 heavy (non-hydrogen) atoms. The van der Waals surface area contributed by atoms with Crippen LogP contribution in [0.4, 0.5) is 0 Å². The number of ether oxygens (including phenoxy) is 4. The van der Waals surface area contributed by atoms with Crippen LogP contribution in [0.3, 0.4) is 0 Å². The Morgan fingerprint density at radius 3 is 1.41 bits per heavy atom. The minimum absolute atomic E-state index is 0.0137. The van der Waals surface area contributed by atoms with Crippen LogP contribution in [0.1, 0.15) is 103 Å². The molecule has 184 valence electrons. The Kier molecular flexibility index (Phi) is 11.9. The fourth-order valence-corrected chi connectivity index (χ4v) is 5.28. The van der Waals surface area contributed by atoms with E-state index < -0.39 is 0 Å². The van der Waals surface area contributed by atoms with Gasteiger partial charge >= 0.3 is 11.9 Å². The van der Waals surface area contributed by atoms with Gasteiger partial charge in [0.25, 0.3) is 0 Å². The molecule has 3 saturated carbocycles. The molecule has 0 aromatic heterocycles. The molecule has 3 rings (SSSR count). The molecule has 0 bridgehead atoms. The summed E-state index contributed by atoms with van der Waals surface area (Å²) in [5.74, 6) is 0.217. The van der Waals surface area contributed by atoms with Gasteiger partial charge in [-0.1, -0.05) is 38.5 Å². The first-order chi connectivity index (χ1) is 15.7. The molecule has 0 spiro atoms. The maximum atomic E-state index is 12.1. The first-order valence-corrected chi connectivity index (χ1v) is 13.3. The Labute approximate surface area is 194 Å². The SMILES string of the molecule is O=C(OCCCOC1CCCC(OCCCOC(=O)C2CCCCC2)C1)C1CCCCC1. The third-order valence-corrected chi connectivity index (χ3v) is 7.23. The summed E-state index contributed by atoms with van der Waals surface area (Å²) < 4.78 is 22.9. The first-order valence-electron chi connectivity index (χ1n) is 13.3. The lowest BCUT2D eigenvalue weighted by Crippen LogP contribution is -2.29. The van der Waals surface area contributed by atoms with Crippen molar-refractivity contribution < 1.29 is 28.5 Å². The molecule has 0 amide bonds. The minimum atomic E-state index is -0.0137. The molecule has 6 heteroatoms. The summed E-state index contributed by atoms with van der Waals surface area (Å²) in [7, 11) is 0. The third kappa shape index (κ3) is 9.38. The number of carbonyl (C=O) groups is 2. The van der Waals surface area contributed by atoms with Crippen molar-refractivity contribution in [2.24, 2.45) is 11.8 Å². The van der Waals surface area contributed by atoms with E-state index in [-0.39, 0.29) is 36.0 Å². The van der Waals surface area contributed by atoms with Gasteiger partial charge in [0, 0.05) is 12.8 Å². The third-order valence-electron chi connectivity index (χ3n) is 7.23. The lowest BCUT2D eigenvalue weighted by molar-refractivity contribution is -0.150. The highest BCUT2D eigenvalue weighted by atomic mass is 16.5. The average Bonchev–Trinajstić information content (AvgIpc) is 2.84. The van der Waals surface area contributed by atoms with Crippen LogP contribution in [-0.4, -0.2) is 50.6 Å². The van der Waals surface area contributed by atoms with Crippen LogP contribution in [0.25, 0.3) is 0 Å². The van der Waals surface area contributed by atoms with E-state index in [9.17, 15) is 9.59 Å². The minimum Gasteiger partial charge on any atom is -0.465 e. The molecule has 2 atom stereocenters. The highest BCUT2D eigenvalue weighted by Crippen LogP contribution is 2.26. The molecule has 0 heterocycles. The van der Waals surface area contributed by atoms with Gasteiger partial charge in [0.1, 0.15) is 0 Å². The van der Waals surface area contributed by atoms with Crippen molar-refractivity contribution in [3.05, 3.63) is 0 Å². The number of hydrogen-bond donors (Lipinski definition) is 0. The van der Waals surface area contributed by atoms with Crippen LogP contribution < -0.4 is 0 Å². The van der Waals surface area contributed by atoms with Crippen LogP contribution in [0.15, 0.2) is 0 Å². The average molecular weight is 453 g/mol. The Morgan fingerprint density at radius 2 is 0.969 bits per heavy atom. The lowest BCUT2D eigenvalue weighted by atomic mass is 9.89. The summed E-state index contributed by atoms with van der Waals surface area (Å²) >= 11 is 0. The zero-order chi connectivity index (χ0) is 22.4. The maximum Gasteiger partial charge on any atom is 0.308 e. The van der Waals surface area contributed by atoms with Crippen molar-refractivity contribution in [3.63, 3.8) is 0 Å². The Bertz CT molecular complexity index is 492. The van der Waals surface area contributed by atoms with Crippen LogP contribution in [-0.2, 0) is 28.5 Å². The van der Waals surface area contributed by atoms with E-state index in [1.54, 1.807) is 0 Å². The van der Waals surface area contributed by atoms with E-state index in [1.807, 2.05) is 0 Å².